The van der Waals surface area contributed by atoms with Crippen molar-refractivity contribution >= 4 is 16.9 Å². The van der Waals surface area contributed by atoms with Gasteiger partial charge in [-0.3, -0.25) is 4.79 Å². The van der Waals surface area contributed by atoms with Gasteiger partial charge >= 0.3 is 0 Å². The third-order valence-corrected chi connectivity index (χ3v) is 5.66. The number of carbonyl (C=O) groups is 1. The van der Waals surface area contributed by atoms with Crippen LogP contribution in [0.1, 0.15) is 27.5 Å². The molecule has 5 rings (SSSR count). The minimum Gasteiger partial charge on any atom is -0.329 e. The van der Waals surface area contributed by atoms with E-state index in [0.717, 1.165) is 23.0 Å². The molecule has 1 unspecified atom stereocenters. The molecule has 0 bridgehead atoms. The van der Waals surface area contributed by atoms with E-state index in [1.807, 2.05) is 47.6 Å². The van der Waals surface area contributed by atoms with E-state index in [2.05, 4.69) is 21.7 Å². The number of aromatic nitrogens is 2. The van der Waals surface area contributed by atoms with Crippen LogP contribution in [0.2, 0.25) is 0 Å². The highest BCUT2D eigenvalue weighted by molar-refractivity contribution is 5.94. The number of carbonyl (C=O) groups excluding carboxylic acids is 1. The van der Waals surface area contributed by atoms with Crippen molar-refractivity contribution in [3.05, 3.63) is 102 Å². The Morgan fingerprint density at radius 2 is 1.76 bits per heavy atom. The van der Waals surface area contributed by atoms with Crippen LogP contribution in [0.4, 0.5) is 4.39 Å². The summed E-state index contributed by atoms with van der Waals surface area (Å²) in [7, 11) is 0. The number of para-hydroxylation sites is 2. The fourth-order valence-corrected chi connectivity index (χ4v) is 4.19. The zero-order chi connectivity index (χ0) is 19.8. The molecule has 144 valence electrons. The highest BCUT2D eigenvalue weighted by Crippen LogP contribution is 2.33. The number of halogens is 1. The molecule has 3 aromatic carbocycles. The lowest BCUT2D eigenvalue weighted by molar-refractivity contribution is 0.0641. The van der Waals surface area contributed by atoms with E-state index in [1.54, 1.807) is 12.1 Å². The van der Waals surface area contributed by atoms with Crippen LogP contribution in [0, 0.1) is 5.82 Å². The zero-order valence-corrected chi connectivity index (χ0v) is 15.8. The van der Waals surface area contributed by atoms with E-state index < -0.39 is 0 Å². The Labute approximate surface area is 168 Å². The van der Waals surface area contributed by atoms with Gasteiger partial charge in [0.05, 0.1) is 23.4 Å². The van der Waals surface area contributed by atoms with E-state index in [9.17, 15) is 9.18 Å². The van der Waals surface area contributed by atoms with Crippen molar-refractivity contribution in [3.8, 4) is 0 Å². The summed E-state index contributed by atoms with van der Waals surface area (Å²) < 4.78 is 15.4. The van der Waals surface area contributed by atoms with E-state index in [1.165, 1.54) is 17.7 Å². The van der Waals surface area contributed by atoms with Crippen LogP contribution < -0.4 is 0 Å². The summed E-state index contributed by atoms with van der Waals surface area (Å²) in [5.41, 5.74) is 4.92. The fraction of sp³-hybridized carbons (Fsp3) is 0.167. The monoisotopic (exact) mass is 385 g/mol. The molecule has 0 aliphatic carbocycles. The standard InChI is InChI=1S/C24H20FN3O/c25-19-11-9-18(10-12-19)24(29)28-14-13-17-5-1-2-6-20(17)23(28)15-27-16-26-21-7-3-4-8-22(21)27/h1-12,16,23H,13-15H2. The number of hydrogen-bond acceptors (Lipinski definition) is 2. The average Bonchev–Trinajstić information content (AvgIpc) is 3.17. The van der Waals surface area contributed by atoms with Crippen molar-refractivity contribution in [2.24, 2.45) is 0 Å². The van der Waals surface area contributed by atoms with Crippen LogP contribution in [0.3, 0.4) is 0 Å². The number of fused-ring (bicyclic) bond motifs is 2. The topological polar surface area (TPSA) is 38.1 Å². The van der Waals surface area contributed by atoms with Gasteiger partial charge in [0.25, 0.3) is 5.91 Å². The van der Waals surface area contributed by atoms with Crippen molar-refractivity contribution in [1.29, 1.82) is 0 Å². The molecule has 1 aliphatic heterocycles. The Morgan fingerprint density at radius 3 is 2.62 bits per heavy atom. The summed E-state index contributed by atoms with van der Waals surface area (Å²) in [6.07, 6.45) is 2.65. The quantitative estimate of drug-likeness (QED) is 0.516. The molecule has 4 nitrogen and oxygen atoms in total. The predicted octanol–water partition coefficient (Wildman–Crippen LogP) is 4.62. The van der Waals surface area contributed by atoms with Crippen LogP contribution in [-0.2, 0) is 13.0 Å². The lowest BCUT2D eigenvalue weighted by Gasteiger charge is -2.37. The van der Waals surface area contributed by atoms with Gasteiger partial charge in [-0.15, -0.1) is 0 Å². The van der Waals surface area contributed by atoms with Gasteiger partial charge in [0, 0.05) is 18.7 Å². The maximum Gasteiger partial charge on any atom is 0.254 e. The molecular weight excluding hydrogens is 365 g/mol. The number of benzene rings is 3. The molecule has 5 heteroatoms. The zero-order valence-electron chi connectivity index (χ0n) is 15.8. The lowest BCUT2D eigenvalue weighted by atomic mass is 9.91. The van der Waals surface area contributed by atoms with Gasteiger partial charge in [0.15, 0.2) is 0 Å². The maximum atomic E-state index is 13.3. The molecule has 1 amide bonds. The Morgan fingerprint density at radius 1 is 1.00 bits per heavy atom. The number of amides is 1. The first kappa shape index (κ1) is 17.6. The first-order valence-corrected chi connectivity index (χ1v) is 9.75. The Hall–Kier alpha value is -3.47. The molecule has 1 atom stereocenters. The van der Waals surface area contributed by atoms with Crippen molar-refractivity contribution in [2.75, 3.05) is 6.54 Å². The Kier molecular flexibility index (Phi) is 4.35. The smallest absolute Gasteiger partial charge is 0.254 e. The second-order valence-electron chi connectivity index (χ2n) is 7.36. The molecule has 0 saturated heterocycles. The predicted molar refractivity (Wildman–Crippen MR) is 110 cm³/mol. The van der Waals surface area contributed by atoms with Crippen molar-refractivity contribution in [2.45, 2.75) is 19.0 Å². The van der Waals surface area contributed by atoms with Gasteiger partial charge in [0.1, 0.15) is 5.82 Å². The molecule has 2 heterocycles. The summed E-state index contributed by atoms with van der Waals surface area (Å²) in [5.74, 6) is -0.416. The second kappa shape index (κ2) is 7.17. The minimum atomic E-state index is -0.341. The van der Waals surface area contributed by atoms with Crippen LogP contribution in [0.15, 0.2) is 79.1 Å². The Balaban J connectivity index is 1.55. The first-order chi connectivity index (χ1) is 14.2. The number of imidazole rings is 1. The summed E-state index contributed by atoms with van der Waals surface area (Å²) in [5, 5.41) is 0. The fourth-order valence-electron chi connectivity index (χ4n) is 4.19. The molecule has 0 saturated carbocycles. The molecular formula is C24H20FN3O. The van der Waals surface area contributed by atoms with Crippen LogP contribution >= 0.6 is 0 Å². The van der Waals surface area contributed by atoms with E-state index >= 15 is 0 Å². The maximum absolute atomic E-state index is 13.3. The van der Waals surface area contributed by atoms with Crippen LogP contribution in [-0.4, -0.2) is 26.9 Å². The van der Waals surface area contributed by atoms with Gasteiger partial charge < -0.3 is 9.47 Å². The number of rotatable bonds is 3. The van der Waals surface area contributed by atoms with Gasteiger partial charge in [-0.05, 0) is 53.9 Å². The average molecular weight is 385 g/mol. The van der Waals surface area contributed by atoms with Crippen LogP contribution in [0.5, 0.6) is 0 Å². The second-order valence-corrected chi connectivity index (χ2v) is 7.36. The lowest BCUT2D eigenvalue weighted by Crippen LogP contribution is -2.41. The first-order valence-electron chi connectivity index (χ1n) is 9.75. The van der Waals surface area contributed by atoms with Crippen LogP contribution in [0.25, 0.3) is 11.0 Å². The van der Waals surface area contributed by atoms with E-state index in [4.69, 9.17) is 0 Å². The molecule has 1 aromatic heterocycles. The van der Waals surface area contributed by atoms with Gasteiger partial charge in [0.2, 0.25) is 0 Å². The summed E-state index contributed by atoms with van der Waals surface area (Å²) in [6.45, 7) is 1.25. The number of hydrogen-bond donors (Lipinski definition) is 0. The largest absolute Gasteiger partial charge is 0.329 e. The van der Waals surface area contributed by atoms with Gasteiger partial charge in [-0.1, -0.05) is 36.4 Å². The van der Waals surface area contributed by atoms with Gasteiger partial charge in [-0.25, -0.2) is 9.37 Å². The molecule has 4 aromatic rings. The third kappa shape index (κ3) is 3.18. The highest BCUT2D eigenvalue weighted by Gasteiger charge is 2.31. The van der Waals surface area contributed by atoms with E-state index in [-0.39, 0.29) is 17.8 Å². The summed E-state index contributed by atoms with van der Waals surface area (Å²) >= 11 is 0. The SMILES string of the molecule is O=C(c1ccc(F)cc1)N1CCc2ccccc2C1Cn1cnc2ccccc21. The third-order valence-electron chi connectivity index (χ3n) is 5.66. The molecule has 0 spiro atoms. The van der Waals surface area contributed by atoms with E-state index in [0.29, 0.717) is 18.7 Å². The number of nitrogens with zero attached hydrogens (tertiary/aromatic N) is 3. The minimum absolute atomic E-state index is 0.0751. The molecule has 0 radical (unpaired) electrons. The summed E-state index contributed by atoms with van der Waals surface area (Å²) in [6, 6.07) is 22.0. The molecule has 0 N–H and O–H groups in total. The molecule has 29 heavy (non-hydrogen) atoms. The highest BCUT2D eigenvalue weighted by atomic mass is 19.1. The van der Waals surface area contributed by atoms with Gasteiger partial charge in [-0.2, -0.15) is 0 Å². The van der Waals surface area contributed by atoms with Crippen molar-refractivity contribution in [3.63, 3.8) is 0 Å². The Bertz CT molecular complexity index is 1180. The van der Waals surface area contributed by atoms with Crippen molar-refractivity contribution in [1.82, 2.24) is 14.5 Å². The van der Waals surface area contributed by atoms with Crippen molar-refractivity contribution < 1.29 is 9.18 Å². The normalized spacial score (nSPS) is 16.0. The molecule has 0 fully saturated rings. The molecule has 1 aliphatic rings. The summed E-state index contributed by atoms with van der Waals surface area (Å²) in [4.78, 5) is 19.7.